The van der Waals surface area contributed by atoms with E-state index in [-0.39, 0.29) is 18.5 Å². The third-order valence-electron chi connectivity index (χ3n) is 4.92. The van der Waals surface area contributed by atoms with Crippen molar-refractivity contribution in [2.75, 3.05) is 19.0 Å². The fourth-order valence-corrected chi connectivity index (χ4v) is 3.99. The van der Waals surface area contributed by atoms with E-state index in [0.717, 1.165) is 39.4 Å². The molecule has 154 valence electrons. The number of ether oxygens (including phenoxy) is 2. The van der Waals surface area contributed by atoms with Gasteiger partial charge in [-0.05, 0) is 49.6 Å². The van der Waals surface area contributed by atoms with Gasteiger partial charge in [-0.25, -0.2) is 4.52 Å². The average molecular weight is 423 g/mol. The Morgan fingerprint density at radius 2 is 1.97 bits per heavy atom. The molecular weight excluding hydrogens is 400 g/mol. The third-order valence-corrected chi connectivity index (χ3v) is 5.74. The van der Waals surface area contributed by atoms with Gasteiger partial charge in [-0.3, -0.25) is 10.1 Å². The van der Waals surface area contributed by atoms with Crippen LogP contribution < -0.4 is 14.8 Å². The molecule has 8 heteroatoms. The van der Waals surface area contributed by atoms with Crippen LogP contribution in [0.15, 0.2) is 41.8 Å². The van der Waals surface area contributed by atoms with Gasteiger partial charge >= 0.3 is 0 Å². The largest absolute Gasteiger partial charge is 0.497 e. The number of aryl methyl sites for hydroxylation is 2. The standard InChI is InChI=1S/C22H22N4O3S/c1-13-8-9-14(2)20(15(13)3)29-11-19(27)23-21-24-22-26(25-21)18(12-30-22)16-6-5-7-17(10-16)28-4/h5-10,12H,11H2,1-4H3,(H,23,25,27). The second kappa shape index (κ2) is 8.16. The number of thiazole rings is 1. The lowest BCUT2D eigenvalue weighted by Gasteiger charge is -2.13. The van der Waals surface area contributed by atoms with Crippen LogP contribution in [0.4, 0.5) is 5.95 Å². The van der Waals surface area contributed by atoms with Crippen LogP contribution in [-0.2, 0) is 4.79 Å². The van der Waals surface area contributed by atoms with E-state index in [1.807, 2.05) is 62.5 Å². The topological polar surface area (TPSA) is 77.8 Å². The quantitative estimate of drug-likeness (QED) is 0.498. The Morgan fingerprint density at radius 3 is 2.77 bits per heavy atom. The number of methoxy groups -OCH3 is 1. The molecule has 0 aliphatic rings. The van der Waals surface area contributed by atoms with Gasteiger partial charge in [0.2, 0.25) is 4.96 Å². The summed E-state index contributed by atoms with van der Waals surface area (Å²) in [5.41, 5.74) is 4.99. The number of rotatable bonds is 6. The second-order valence-corrected chi connectivity index (χ2v) is 7.81. The van der Waals surface area contributed by atoms with Crippen LogP contribution in [0.25, 0.3) is 16.2 Å². The van der Waals surface area contributed by atoms with Crippen LogP contribution in [0.2, 0.25) is 0 Å². The molecule has 0 unspecified atom stereocenters. The number of fused-ring (bicyclic) bond motifs is 1. The number of aromatic nitrogens is 3. The zero-order valence-corrected chi connectivity index (χ0v) is 18.0. The number of carbonyl (C=O) groups is 1. The highest BCUT2D eigenvalue weighted by atomic mass is 32.1. The average Bonchev–Trinajstić information content (AvgIpc) is 3.31. The summed E-state index contributed by atoms with van der Waals surface area (Å²) in [6, 6.07) is 11.7. The van der Waals surface area contributed by atoms with Crippen molar-refractivity contribution in [2.24, 2.45) is 0 Å². The monoisotopic (exact) mass is 422 g/mol. The minimum Gasteiger partial charge on any atom is -0.497 e. The summed E-state index contributed by atoms with van der Waals surface area (Å²) >= 11 is 1.45. The van der Waals surface area contributed by atoms with Crippen molar-refractivity contribution in [3.63, 3.8) is 0 Å². The highest BCUT2D eigenvalue weighted by Crippen LogP contribution is 2.28. The fraction of sp³-hybridized carbons (Fsp3) is 0.227. The van der Waals surface area contributed by atoms with Crippen molar-refractivity contribution in [2.45, 2.75) is 20.8 Å². The highest BCUT2D eigenvalue weighted by Gasteiger charge is 2.15. The summed E-state index contributed by atoms with van der Waals surface area (Å²) < 4.78 is 12.8. The van der Waals surface area contributed by atoms with Crippen LogP contribution in [-0.4, -0.2) is 34.2 Å². The number of benzene rings is 2. The molecule has 4 aromatic rings. The maximum atomic E-state index is 12.4. The van der Waals surface area contributed by atoms with Crippen molar-refractivity contribution in [1.82, 2.24) is 14.6 Å². The first-order valence-corrected chi connectivity index (χ1v) is 10.3. The Labute approximate surface area is 178 Å². The predicted molar refractivity (Wildman–Crippen MR) is 118 cm³/mol. The van der Waals surface area contributed by atoms with E-state index in [2.05, 4.69) is 15.4 Å². The number of carbonyl (C=O) groups excluding carboxylic acids is 1. The SMILES string of the molecule is COc1cccc(-c2csc3nc(NC(=O)COc4c(C)ccc(C)c4C)nn23)c1. The summed E-state index contributed by atoms with van der Waals surface area (Å²) in [5.74, 6) is 1.44. The molecule has 0 aliphatic heterocycles. The zero-order valence-electron chi connectivity index (χ0n) is 17.2. The number of anilines is 1. The number of amides is 1. The lowest BCUT2D eigenvalue weighted by Crippen LogP contribution is -2.21. The molecule has 0 saturated heterocycles. The Morgan fingerprint density at radius 1 is 1.17 bits per heavy atom. The number of nitrogens with zero attached hydrogens (tertiary/aromatic N) is 3. The number of hydrogen-bond acceptors (Lipinski definition) is 6. The Kier molecular flexibility index (Phi) is 5.41. The van der Waals surface area contributed by atoms with Crippen molar-refractivity contribution < 1.29 is 14.3 Å². The smallest absolute Gasteiger partial charge is 0.264 e. The van der Waals surface area contributed by atoms with Crippen molar-refractivity contribution >= 4 is 28.2 Å². The Hall–Kier alpha value is -3.39. The van der Waals surface area contributed by atoms with Gasteiger partial charge in [0.1, 0.15) is 11.5 Å². The van der Waals surface area contributed by atoms with Gasteiger partial charge in [-0.15, -0.1) is 16.4 Å². The predicted octanol–water partition coefficient (Wildman–Crippen LogP) is 4.41. The Balaban J connectivity index is 1.49. The van der Waals surface area contributed by atoms with Crippen molar-refractivity contribution in [3.05, 3.63) is 58.5 Å². The third kappa shape index (κ3) is 3.86. The number of nitrogens with one attached hydrogen (secondary N) is 1. The molecular formula is C22H22N4O3S. The molecule has 0 bridgehead atoms. The summed E-state index contributed by atoms with van der Waals surface area (Å²) in [6.45, 7) is 5.86. The van der Waals surface area contributed by atoms with Gasteiger partial charge < -0.3 is 9.47 Å². The minimum absolute atomic E-state index is 0.110. The lowest BCUT2D eigenvalue weighted by atomic mass is 10.1. The first-order valence-electron chi connectivity index (χ1n) is 9.44. The lowest BCUT2D eigenvalue weighted by molar-refractivity contribution is -0.118. The molecule has 0 spiro atoms. The second-order valence-electron chi connectivity index (χ2n) is 6.97. The van der Waals surface area contributed by atoms with Gasteiger partial charge in [0.05, 0.1) is 12.8 Å². The summed E-state index contributed by atoms with van der Waals surface area (Å²) in [6.07, 6.45) is 0. The van der Waals surface area contributed by atoms with Crippen LogP contribution in [0.3, 0.4) is 0 Å². The van der Waals surface area contributed by atoms with E-state index in [1.54, 1.807) is 11.6 Å². The first-order chi connectivity index (χ1) is 14.5. The van der Waals surface area contributed by atoms with Gasteiger partial charge in [0, 0.05) is 10.9 Å². The van der Waals surface area contributed by atoms with E-state index in [4.69, 9.17) is 9.47 Å². The Bertz CT molecular complexity index is 1230. The van der Waals surface area contributed by atoms with Crippen molar-refractivity contribution in [3.8, 4) is 22.8 Å². The molecule has 2 heterocycles. The van der Waals surface area contributed by atoms with Gasteiger partial charge in [0.15, 0.2) is 6.61 Å². The van der Waals surface area contributed by atoms with E-state index in [1.165, 1.54) is 11.3 Å². The van der Waals surface area contributed by atoms with E-state index < -0.39 is 0 Å². The zero-order chi connectivity index (χ0) is 21.3. The van der Waals surface area contributed by atoms with Gasteiger partial charge in [-0.1, -0.05) is 24.3 Å². The molecule has 1 N–H and O–H groups in total. The molecule has 0 aliphatic carbocycles. The van der Waals surface area contributed by atoms with Crippen LogP contribution in [0, 0.1) is 20.8 Å². The van der Waals surface area contributed by atoms with Crippen LogP contribution in [0.1, 0.15) is 16.7 Å². The normalized spacial score (nSPS) is 10.9. The van der Waals surface area contributed by atoms with E-state index in [0.29, 0.717) is 4.96 Å². The van der Waals surface area contributed by atoms with Crippen molar-refractivity contribution in [1.29, 1.82) is 0 Å². The molecule has 2 aromatic heterocycles. The first kappa shape index (κ1) is 19.9. The molecule has 0 fully saturated rings. The molecule has 0 radical (unpaired) electrons. The maximum Gasteiger partial charge on any atom is 0.264 e. The van der Waals surface area contributed by atoms with Gasteiger partial charge in [0.25, 0.3) is 11.9 Å². The van der Waals surface area contributed by atoms with E-state index in [9.17, 15) is 4.79 Å². The van der Waals surface area contributed by atoms with Gasteiger partial charge in [-0.2, -0.15) is 4.98 Å². The molecule has 30 heavy (non-hydrogen) atoms. The minimum atomic E-state index is -0.309. The highest BCUT2D eigenvalue weighted by molar-refractivity contribution is 7.15. The molecule has 2 aromatic carbocycles. The summed E-state index contributed by atoms with van der Waals surface area (Å²) in [4.78, 5) is 17.5. The van der Waals surface area contributed by atoms with E-state index >= 15 is 0 Å². The molecule has 1 amide bonds. The molecule has 0 saturated carbocycles. The number of hydrogen-bond donors (Lipinski definition) is 1. The summed E-state index contributed by atoms with van der Waals surface area (Å²) in [7, 11) is 1.63. The molecule has 4 rings (SSSR count). The van der Waals surface area contributed by atoms with Crippen LogP contribution in [0.5, 0.6) is 11.5 Å². The summed E-state index contributed by atoms with van der Waals surface area (Å²) in [5, 5.41) is 9.13. The molecule has 0 atom stereocenters. The van der Waals surface area contributed by atoms with Crippen LogP contribution >= 0.6 is 11.3 Å². The fourth-order valence-electron chi connectivity index (χ4n) is 3.16. The molecule has 7 nitrogen and oxygen atoms in total. The maximum absolute atomic E-state index is 12.4.